The molecular formula is C12H16N4O. The van der Waals surface area contributed by atoms with Gasteiger partial charge in [0.15, 0.2) is 5.69 Å². The molecule has 0 spiro atoms. The van der Waals surface area contributed by atoms with E-state index in [4.69, 9.17) is 11.0 Å². The van der Waals surface area contributed by atoms with Crippen LogP contribution in [0.2, 0.25) is 0 Å². The molecule has 1 heterocycles. The maximum Gasteiger partial charge on any atom is 0.165 e. The highest BCUT2D eigenvalue weighted by Gasteiger charge is 2.19. The molecule has 0 aromatic carbocycles. The second kappa shape index (κ2) is 5.02. The monoisotopic (exact) mass is 232 g/mol. The van der Waals surface area contributed by atoms with Crippen LogP contribution in [0, 0.1) is 11.3 Å². The molecular weight excluding hydrogens is 216 g/mol. The summed E-state index contributed by atoms with van der Waals surface area (Å²) in [4.78, 5) is 4.14. The number of aliphatic hydroxyl groups excluding tert-OH is 1. The number of nitrogens with one attached hydrogen (secondary N) is 1. The minimum atomic E-state index is -0.165. The summed E-state index contributed by atoms with van der Waals surface area (Å²) in [7, 11) is 0. The van der Waals surface area contributed by atoms with Gasteiger partial charge in [0.25, 0.3) is 0 Å². The van der Waals surface area contributed by atoms with Crippen LogP contribution in [0.15, 0.2) is 12.1 Å². The first-order valence-electron chi connectivity index (χ1n) is 5.80. The summed E-state index contributed by atoms with van der Waals surface area (Å²) < 4.78 is 0. The number of aliphatic hydroxyl groups is 1. The molecule has 1 aromatic heterocycles. The van der Waals surface area contributed by atoms with E-state index in [1.807, 2.05) is 6.07 Å². The lowest BCUT2D eigenvalue weighted by atomic mass is 9.93. The number of pyridine rings is 1. The van der Waals surface area contributed by atoms with Gasteiger partial charge in [-0.15, -0.1) is 0 Å². The van der Waals surface area contributed by atoms with Gasteiger partial charge < -0.3 is 16.2 Å². The number of nitriles is 1. The van der Waals surface area contributed by atoms with E-state index in [0.29, 0.717) is 17.5 Å². The normalized spacial score (nSPS) is 24.0. The molecule has 5 nitrogen and oxygen atoms in total. The molecule has 1 aliphatic carbocycles. The molecule has 0 unspecified atom stereocenters. The molecule has 0 radical (unpaired) electrons. The predicted octanol–water partition coefficient (Wildman–Crippen LogP) is 1.25. The van der Waals surface area contributed by atoms with Gasteiger partial charge in [-0.25, -0.2) is 4.98 Å². The molecule has 90 valence electrons. The highest BCUT2D eigenvalue weighted by molar-refractivity contribution is 5.54. The Labute approximate surface area is 100 Å². The van der Waals surface area contributed by atoms with Crippen LogP contribution in [-0.4, -0.2) is 22.2 Å². The Morgan fingerprint density at radius 1 is 1.35 bits per heavy atom. The molecule has 1 saturated carbocycles. The number of nitrogens with two attached hydrogens (primary N) is 1. The van der Waals surface area contributed by atoms with Gasteiger partial charge >= 0.3 is 0 Å². The third kappa shape index (κ3) is 2.86. The first-order valence-corrected chi connectivity index (χ1v) is 5.80. The average molecular weight is 232 g/mol. The van der Waals surface area contributed by atoms with Gasteiger partial charge in [0.05, 0.1) is 11.8 Å². The number of nitrogen functional groups attached to an aromatic ring is 1. The van der Waals surface area contributed by atoms with Gasteiger partial charge in [0.2, 0.25) is 0 Å². The van der Waals surface area contributed by atoms with Crippen molar-refractivity contribution in [1.82, 2.24) is 4.98 Å². The van der Waals surface area contributed by atoms with E-state index in [2.05, 4.69) is 10.3 Å². The largest absolute Gasteiger partial charge is 0.396 e. The van der Waals surface area contributed by atoms with E-state index in [1.165, 1.54) is 0 Å². The van der Waals surface area contributed by atoms with Crippen LogP contribution in [-0.2, 0) is 0 Å². The van der Waals surface area contributed by atoms with Crippen molar-refractivity contribution in [1.29, 1.82) is 5.26 Å². The van der Waals surface area contributed by atoms with Gasteiger partial charge in [0, 0.05) is 6.04 Å². The van der Waals surface area contributed by atoms with Gasteiger partial charge in [-0.2, -0.15) is 5.26 Å². The smallest absolute Gasteiger partial charge is 0.165 e. The van der Waals surface area contributed by atoms with Crippen LogP contribution in [0.5, 0.6) is 0 Å². The van der Waals surface area contributed by atoms with Crippen molar-refractivity contribution in [2.45, 2.75) is 37.8 Å². The number of aromatic nitrogens is 1. The Kier molecular flexibility index (Phi) is 3.45. The van der Waals surface area contributed by atoms with Crippen molar-refractivity contribution in [3.05, 3.63) is 17.8 Å². The zero-order valence-corrected chi connectivity index (χ0v) is 9.56. The lowest BCUT2D eigenvalue weighted by Gasteiger charge is -2.26. The Hall–Kier alpha value is -1.80. The number of hydrogen-bond acceptors (Lipinski definition) is 5. The molecule has 5 heteroatoms. The zero-order valence-electron chi connectivity index (χ0n) is 9.56. The summed E-state index contributed by atoms with van der Waals surface area (Å²) in [6.45, 7) is 0. The maximum atomic E-state index is 9.41. The fraction of sp³-hybridized carbons (Fsp3) is 0.500. The van der Waals surface area contributed by atoms with Crippen molar-refractivity contribution in [2.75, 3.05) is 11.1 Å². The molecule has 1 aliphatic rings. The van der Waals surface area contributed by atoms with E-state index >= 15 is 0 Å². The summed E-state index contributed by atoms with van der Waals surface area (Å²) in [5.41, 5.74) is 6.26. The quantitative estimate of drug-likeness (QED) is 0.713. The topological polar surface area (TPSA) is 95.0 Å². The van der Waals surface area contributed by atoms with Crippen LogP contribution in [0.1, 0.15) is 31.4 Å². The van der Waals surface area contributed by atoms with E-state index in [0.717, 1.165) is 25.7 Å². The van der Waals surface area contributed by atoms with E-state index in [1.54, 1.807) is 12.1 Å². The summed E-state index contributed by atoms with van der Waals surface area (Å²) in [6, 6.07) is 5.75. The van der Waals surface area contributed by atoms with Crippen LogP contribution in [0.4, 0.5) is 11.5 Å². The minimum Gasteiger partial charge on any atom is -0.396 e. The Bertz CT molecular complexity index is 433. The SMILES string of the molecule is N#Cc1nc(NC2CCC(O)CC2)ccc1N. The third-order valence-corrected chi connectivity index (χ3v) is 3.08. The van der Waals surface area contributed by atoms with Gasteiger partial charge in [-0.05, 0) is 37.8 Å². The minimum absolute atomic E-state index is 0.165. The van der Waals surface area contributed by atoms with Crippen molar-refractivity contribution >= 4 is 11.5 Å². The molecule has 0 atom stereocenters. The van der Waals surface area contributed by atoms with Crippen molar-refractivity contribution < 1.29 is 5.11 Å². The zero-order chi connectivity index (χ0) is 12.3. The predicted molar refractivity (Wildman–Crippen MR) is 65.2 cm³/mol. The fourth-order valence-corrected chi connectivity index (χ4v) is 2.07. The molecule has 2 rings (SSSR count). The lowest BCUT2D eigenvalue weighted by molar-refractivity contribution is 0.126. The van der Waals surface area contributed by atoms with E-state index < -0.39 is 0 Å². The standard InChI is InChI=1S/C12H16N4O/c13-7-11-10(14)5-6-12(16-11)15-8-1-3-9(17)4-2-8/h5-6,8-9,17H,1-4,14H2,(H,15,16). The number of nitrogens with zero attached hydrogens (tertiary/aromatic N) is 2. The lowest BCUT2D eigenvalue weighted by Crippen LogP contribution is -2.28. The van der Waals surface area contributed by atoms with Crippen LogP contribution in [0.3, 0.4) is 0 Å². The number of rotatable bonds is 2. The first-order chi connectivity index (χ1) is 8.19. The summed E-state index contributed by atoms with van der Waals surface area (Å²) >= 11 is 0. The molecule has 17 heavy (non-hydrogen) atoms. The van der Waals surface area contributed by atoms with E-state index in [9.17, 15) is 5.11 Å². The summed E-state index contributed by atoms with van der Waals surface area (Å²) in [6.07, 6.45) is 3.32. The van der Waals surface area contributed by atoms with Crippen molar-refractivity contribution in [3.63, 3.8) is 0 Å². The molecule has 1 aromatic rings. The Balaban J connectivity index is 2.02. The van der Waals surface area contributed by atoms with Crippen molar-refractivity contribution in [2.24, 2.45) is 0 Å². The van der Waals surface area contributed by atoms with Crippen LogP contribution in [0.25, 0.3) is 0 Å². The number of hydrogen-bond donors (Lipinski definition) is 3. The van der Waals surface area contributed by atoms with Gasteiger partial charge in [-0.3, -0.25) is 0 Å². The second-order valence-corrected chi connectivity index (χ2v) is 4.40. The molecule has 4 N–H and O–H groups in total. The molecule has 0 bridgehead atoms. The Morgan fingerprint density at radius 2 is 2.06 bits per heavy atom. The van der Waals surface area contributed by atoms with E-state index in [-0.39, 0.29) is 11.8 Å². The van der Waals surface area contributed by atoms with Crippen LogP contribution < -0.4 is 11.1 Å². The first kappa shape index (κ1) is 11.7. The van der Waals surface area contributed by atoms with Gasteiger partial charge in [-0.1, -0.05) is 0 Å². The molecule has 0 aliphatic heterocycles. The second-order valence-electron chi connectivity index (χ2n) is 4.40. The third-order valence-electron chi connectivity index (χ3n) is 3.08. The summed E-state index contributed by atoms with van der Waals surface area (Å²) in [5, 5.41) is 21.5. The molecule has 0 amide bonds. The number of anilines is 2. The highest BCUT2D eigenvalue weighted by atomic mass is 16.3. The van der Waals surface area contributed by atoms with Crippen molar-refractivity contribution in [3.8, 4) is 6.07 Å². The average Bonchev–Trinajstić information content (AvgIpc) is 2.34. The van der Waals surface area contributed by atoms with Crippen LogP contribution >= 0.6 is 0 Å². The molecule has 0 saturated heterocycles. The molecule has 1 fully saturated rings. The van der Waals surface area contributed by atoms with Gasteiger partial charge in [0.1, 0.15) is 11.9 Å². The highest BCUT2D eigenvalue weighted by Crippen LogP contribution is 2.22. The Morgan fingerprint density at radius 3 is 2.71 bits per heavy atom. The maximum absolute atomic E-state index is 9.41. The summed E-state index contributed by atoms with van der Waals surface area (Å²) in [5.74, 6) is 0.678. The fourth-order valence-electron chi connectivity index (χ4n) is 2.07.